The number of rotatable bonds is 3. The molecular formula is C14H21ClN3O2+. The molecule has 1 aliphatic rings. The van der Waals surface area contributed by atoms with Gasteiger partial charge >= 0.3 is 0 Å². The van der Waals surface area contributed by atoms with Crippen molar-refractivity contribution in [2.24, 2.45) is 0 Å². The summed E-state index contributed by atoms with van der Waals surface area (Å²) in [5.74, 6) is -0.0452. The van der Waals surface area contributed by atoms with Crippen molar-refractivity contribution in [1.82, 2.24) is 4.98 Å². The van der Waals surface area contributed by atoms with Crippen LogP contribution in [0.25, 0.3) is 0 Å². The van der Waals surface area contributed by atoms with Gasteiger partial charge in [0.15, 0.2) is 11.2 Å². The lowest BCUT2D eigenvalue weighted by molar-refractivity contribution is -0.928. The van der Waals surface area contributed by atoms with Gasteiger partial charge in [-0.3, -0.25) is 4.79 Å². The number of nitrogens with one attached hydrogen (secondary N) is 2. The standard InChI is InChI=1S/C14H20ClN3O2/c1-9-7-18(8-10(2)20-9)11(3)14(19)17-12-5-4-6-16-13(12)15/h4-6,9-11H,7-8H2,1-3H3,(H,17,19)/p+1/t9-,10+,11-/m0/s1. The molecule has 1 fully saturated rings. The Morgan fingerprint density at radius 3 is 2.75 bits per heavy atom. The highest BCUT2D eigenvalue weighted by atomic mass is 35.5. The minimum Gasteiger partial charge on any atom is -0.364 e. The van der Waals surface area contributed by atoms with E-state index in [2.05, 4.69) is 10.3 Å². The average Bonchev–Trinajstić information content (AvgIpc) is 2.39. The topological polar surface area (TPSA) is 55.7 Å². The van der Waals surface area contributed by atoms with Crippen molar-refractivity contribution in [3.8, 4) is 0 Å². The lowest BCUT2D eigenvalue weighted by atomic mass is 10.1. The fourth-order valence-corrected chi connectivity index (χ4v) is 2.74. The maximum Gasteiger partial charge on any atom is 0.282 e. The normalized spacial score (nSPS) is 27.9. The summed E-state index contributed by atoms with van der Waals surface area (Å²) in [4.78, 5) is 17.5. The molecule has 1 aromatic heterocycles. The first-order valence-electron chi connectivity index (χ1n) is 6.88. The largest absolute Gasteiger partial charge is 0.364 e. The van der Waals surface area contributed by atoms with Crippen LogP contribution in [0.3, 0.4) is 0 Å². The van der Waals surface area contributed by atoms with Gasteiger partial charge in [0.2, 0.25) is 0 Å². The molecule has 5 nitrogen and oxygen atoms in total. The molecule has 1 amide bonds. The molecule has 1 saturated heterocycles. The number of halogens is 1. The van der Waals surface area contributed by atoms with Gasteiger partial charge in [0, 0.05) is 6.20 Å². The lowest BCUT2D eigenvalue weighted by Crippen LogP contribution is -3.19. The van der Waals surface area contributed by atoms with Crippen LogP contribution in [0.15, 0.2) is 18.3 Å². The number of hydrogen-bond acceptors (Lipinski definition) is 3. The molecule has 0 radical (unpaired) electrons. The first kappa shape index (κ1) is 15.2. The minimum absolute atomic E-state index is 0.0452. The van der Waals surface area contributed by atoms with Crippen molar-refractivity contribution < 1.29 is 14.4 Å². The molecule has 0 aliphatic carbocycles. The Kier molecular flexibility index (Phi) is 4.96. The molecular weight excluding hydrogens is 278 g/mol. The van der Waals surface area contributed by atoms with Gasteiger partial charge in [0.25, 0.3) is 5.91 Å². The number of anilines is 1. The Morgan fingerprint density at radius 2 is 2.15 bits per heavy atom. The van der Waals surface area contributed by atoms with Gasteiger partial charge < -0.3 is 15.0 Å². The van der Waals surface area contributed by atoms with E-state index in [9.17, 15) is 4.79 Å². The molecule has 2 rings (SSSR count). The van der Waals surface area contributed by atoms with Gasteiger partial charge in [-0.25, -0.2) is 4.98 Å². The van der Waals surface area contributed by atoms with Crippen LogP contribution in [-0.4, -0.2) is 42.2 Å². The monoisotopic (exact) mass is 298 g/mol. The maximum atomic E-state index is 12.3. The number of quaternary nitrogens is 1. The second-order valence-corrected chi connectivity index (χ2v) is 5.73. The highest BCUT2D eigenvalue weighted by Gasteiger charge is 2.33. The molecule has 20 heavy (non-hydrogen) atoms. The van der Waals surface area contributed by atoms with E-state index < -0.39 is 0 Å². The van der Waals surface area contributed by atoms with Gasteiger partial charge in [0.1, 0.15) is 25.3 Å². The number of nitrogens with zero attached hydrogens (tertiary/aromatic N) is 1. The third-order valence-corrected chi connectivity index (χ3v) is 3.89. The summed E-state index contributed by atoms with van der Waals surface area (Å²) in [6.45, 7) is 7.68. The smallest absolute Gasteiger partial charge is 0.282 e. The van der Waals surface area contributed by atoms with Crippen LogP contribution >= 0.6 is 11.6 Å². The highest BCUT2D eigenvalue weighted by molar-refractivity contribution is 6.32. The Balaban J connectivity index is 2.00. The van der Waals surface area contributed by atoms with E-state index in [1.165, 1.54) is 4.90 Å². The molecule has 6 heteroatoms. The molecule has 2 N–H and O–H groups in total. The number of hydrogen-bond donors (Lipinski definition) is 2. The fraction of sp³-hybridized carbons (Fsp3) is 0.571. The zero-order valence-electron chi connectivity index (χ0n) is 12.0. The van der Waals surface area contributed by atoms with Gasteiger partial charge in [-0.05, 0) is 32.9 Å². The van der Waals surface area contributed by atoms with E-state index in [0.29, 0.717) is 10.8 Å². The number of pyridine rings is 1. The maximum absolute atomic E-state index is 12.3. The summed E-state index contributed by atoms with van der Waals surface area (Å²) in [6.07, 6.45) is 1.94. The molecule has 0 aromatic carbocycles. The molecule has 4 atom stereocenters. The summed E-state index contributed by atoms with van der Waals surface area (Å²) in [5.41, 5.74) is 0.555. The number of aromatic nitrogens is 1. The number of morpholine rings is 1. The van der Waals surface area contributed by atoms with E-state index in [0.717, 1.165) is 13.1 Å². The zero-order valence-corrected chi connectivity index (χ0v) is 12.8. The number of carbonyl (C=O) groups is 1. The second kappa shape index (κ2) is 6.52. The van der Waals surface area contributed by atoms with Gasteiger partial charge in [-0.15, -0.1) is 0 Å². The summed E-state index contributed by atoms with van der Waals surface area (Å²) < 4.78 is 5.70. The predicted octanol–water partition coefficient (Wildman–Crippen LogP) is 0.754. The fourth-order valence-electron chi connectivity index (χ4n) is 2.57. The number of amides is 1. The average molecular weight is 299 g/mol. The van der Waals surface area contributed by atoms with Gasteiger partial charge in [-0.1, -0.05) is 11.6 Å². The van der Waals surface area contributed by atoms with Crippen molar-refractivity contribution in [2.45, 2.75) is 39.0 Å². The van der Waals surface area contributed by atoms with Crippen molar-refractivity contribution >= 4 is 23.2 Å². The Hall–Kier alpha value is -1.17. The van der Waals surface area contributed by atoms with Crippen LogP contribution in [-0.2, 0) is 9.53 Å². The summed E-state index contributed by atoms with van der Waals surface area (Å²) in [6, 6.07) is 3.35. The lowest BCUT2D eigenvalue weighted by Gasteiger charge is -2.35. The van der Waals surface area contributed by atoms with Gasteiger partial charge in [-0.2, -0.15) is 0 Å². The molecule has 1 aromatic rings. The molecule has 110 valence electrons. The summed E-state index contributed by atoms with van der Waals surface area (Å²) >= 11 is 5.95. The Morgan fingerprint density at radius 1 is 1.50 bits per heavy atom. The highest BCUT2D eigenvalue weighted by Crippen LogP contribution is 2.17. The second-order valence-electron chi connectivity index (χ2n) is 5.38. The molecule has 0 spiro atoms. The van der Waals surface area contributed by atoms with Crippen molar-refractivity contribution in [3.63, 3.8) is 0 Å². The quantitative estimate of drug-likeness (QED) is 0.810. The van der Waals surface area contributed by atoms with E-state index in [1.807, 2.05) is 20.8 Å². The number of ether oxygens (including phenoxy) is 1. The van der Waals surface area contributed by atoms with E-state index in [1.54, 1.807) is 18.3 Å². The molecule has 1 unspecified atom stereocenters. The molecule has 0 saturated carbocycles. The van der Waals surface area contributed by atoms with Crippen molar-refractivity contribution in [2.75, 3.05) is 18.4 Å². The minimum atomic E-state index is -0.153. The summed E-state index contributed by atoms with van der Waals surface area (Å²) in [7, 11) is 0. The van der Waals surface area contributed by atoms with E-state index in [4.69, 9.17) is 16.3 Å². The first-order valence-corrected chi connectivity index (χ1v) is 7.26. The van der Waals surface area contributed by atoms with Crippen LogP contribution in [0.1, 0.15) is 20.8 Å². The first-order chi connectivity index (χ1) is 9.47. The van der Waals surface area contributed by atoms with Crippen molar-refractivity contribution in [3.05, 3.63) is 23.5 Å². The van der Waals surface area contributed by atoms with E-state index >= 15 is 0 Å². The summed E-state index contributed by atoms with van der Waals surface area (Å²) in [5, 5.41) is 3.15. The van der Waals surface area contributed by atoms with Crippen LogP contribution in [0.5, 0.6) is 0 Å². The van der Waals surface area contributed by atoms with Crippen LogP contribution in [0.4, 0.5) is 5.69 Å². The zero-order chi connectivity index (χ0) is 14.7. The molecule has 0 bridgehead atoms. The third kappa shape index (κ3) is 3.69. The number of carbonyl (C=O) groups excluding carboxylic acids is 1. The van der Waals surface area contributed by atoms with Crippen LogP contribution in [0, 0.1) is 0 Å². The van der Waals surface area contributed by atoms with Crippen LogP contribution in [0.2, 0.25) is 5.15 Å². The molecule has 2 heterocycles. The van der Waals surface area contributed by atoms with Crippen LogP contribution < -0.4 is 10.2 Å². The SMILES string of the molecule is C[C@@H]1C[NH+]([C@@H](C)C(=O)Nc2cccnc2Cl)C[C@H](C)O1. The Bertz CT molecular complexity index is 473. The Labute approximate surface area is 124 Å². The van der Waals surface area contributed by atoms with E-state index in [-0.39, 0.29) is 24.2 Å². The predicted molar refractivity (Wildman–Crippen MR) is 78.0 cm³/mol. The molecule has 1 aliphatic heterocycles. The van der Waals surface area contributed by atoms with Gasteiger partial charge in [0.05, 0.1) is 5.69 Å². The van der Waals surface area contributed by atoms with Crippen molar-refractivity contribution in [1.29, 1.82) is 0 Å². The third-order valence-electron chi connectivity index (χ3n) is 3.59.